The zero-order chi connectivity index (χ0) is 19.4. The van der Waals surface area contributed by atoms with Gasteiger partial charge < -0.3 is 14.7 Å². The number of aliphatic hydroxyl groups is 1. The summed E-state index contributed by atoms with van der Waals surface area (Å²) in [6, 6.07) is 8.47. The second-order valence-electron chi connectivity index (χ2n) is 8.95. The molecule has 5 heteroatoms. The van der Waals surface area contributed by atoms with E-state index in [4.69, 9.17) is 4.74 Å². The maximum absolute atomic E-state index is 10.4. The summed E-state index contributed by atoms with van der Waals surface area (Å²) in [5, 5.41) is 10.4. The molecule has 0 aromatic heterocycles. The molecule has 2 saturated heterocycles. The molecule has 0 bridgehead atoms. The van der Waals surface area contributed by atoms with E-state index in [1.54, 1.807) is 0 Å². The van der Waals surface area contributed by atoms with E-state index < -0.39 is 6.10 Å². The molecule has 2 aliphatic heterocycles. The van der Waals surface area contributed by atoms with Crippen molar-refractivity contribution in [3.05, 3.63) is 29.8 Å². The number of hydrogen-bond donors (Lipinski definition) is 1. The van der Waals surface area contributed by atoms with E-state index in [0.29, 0.717) is 18.7 Å². The molecule has 1 aromatic rings. The summed E-state index contributed by atoms with van der Waals surface area (Å²) in [7, 11) is 0. The Balaban J connectivity index is 1.23. The molecule has 0 amide bonds. The number of ether oxygens (including phenoxy) is 1. The van der Waals surface area contributed by atoms with E-state index >= 15 is 0 Å². The molecule has 5 nitrogen and oxygen atoms in total. The summed E-state index contributed by atoms with van der Waals surface area (Å²) in [5.41, 5.74) is 1.85. The molecule has 1 unspecified atom stereocenters. The molecular weight excluding hydrogens is 350 g/mol. The Kier molecular flexibility index (Phi) is 6.56. The van der Waals surface area contributed by atoms with Crippen LogP contribution in [0.3, 0.4) is 0 Å². The molecule has 3 aliphatic rings. The number of piperidine rings is 1. The quantitative estimate of drug-likeness (QED) is 0.742. The van der Waals surface area contributed by atoms with E-state index in [2.05, 4.69) is 39.8 Å². The number of aliphatic hydroxyl groups excluding tert-OH is 1. The van der Waals surface area contributed by atoms with Crippen LogP contribution in [0.2, 0.25) is 0 Å². The van der Waals surface area contributed by atoms with Crippen LogP contribution in [-0.4, -0.2) is 83.9 Å². The summed E-state index contributed by atoms with van der Waals surface area (Å²) >= 11 is 0. The Morgan fingerprint density at radius 2 is 1.82 bits per heavy atom. The maximum atomic E-state index is 10.4. The zero-order valence-electron chi connectivity index (χ0n) is 17.5. The van der Waals surface area contributed by atoms with Gasteiger partial charge in [0.1, 0.15) is 18.5 Å². The Bertz CT molecular complexity index is 626. The van der Waals surface area contributed by atoms with Crippen LogP contribution in [0.1, 0.15) is 44.6 Å². The SMILES string of the molecule is CCN1CCN(CC(O)COc2cccc(CN3CCCCC34CC4)c2)CC1. The second kappa shape index (κ2) is 9.12. The van der Waals surface area contributed by atoms with Crippen molar-refractivity contribution in [1.82, 2.24) is 14.7 Å². The first-order valence-electron chi connectivity index (χ1n) is 11.3. The van der Waals surface area contributed by atoms with E-state index in [9.17, 15) is 5.11 Å². The van der Waals surface area contributed by atoms with E-state index in [1.165, 1.54) is 44.2 Å². The molecule has 2 heterocycles. The predicted octanol–water partition coefficient (Wildman–Crippen LogP) is 2.58. The molecule has 1 aliphatic carbocycles. The van der Waals surface area contributed by atoms with Crippen molar-refractivity contribution in [3.8, 4) is 5.75 Å². The van der Waals surface area contributed by atoms with Gasteiger partial charge in [0.25, 0.3) is 0 Å². The average Bonchev–Trinajstić information content (AvgIpc) is 3.49. The number of benzene rings is 1. The number of β-amino-alcohol motifs (C(OH)–C–C–N with tert-alkyl or cyclic N) is 1. The highest BCUT2D eigenvalue weighted by atomic mass is 16.5. The Morgan fingerprint density at radius 3 is 2.57 bits per heavy atom. The molecule has 3 fully saturated rings. The second-order valence-corrected chi connectivity index (χ2v) is 8.95. The van der Waals surface area contributed by atoms with Crippen molar-refractivity contribution in [2.45, 2.75) is 57.2 Å². The van der Waals surface area contributed by atoms with Gasteiger partial charge in [-0.2, -0.15) is 0 Å². The summed E-state index contributed by atoms with van der Waals surface area (Å²) in [4.78, 5) is 7.50. The number of rotatable bonds is 8. The molecule has 4 rings (SSSR count). The molecule has 156 valence electrons. The van der Waals surface area contributed by atoms with Gasteiger partial charge in [0, 0.05) is 44.8 Å². The smallest absolute Gasteiger partial charge is 0.119 e. The first kappa shape index (κ1) is 20.1. The maximum Gasteiger partial charge on any atom is 0.119 e. The largest absolute Gasteiger partial charge is 0.491 e. The van der Waals surface area contributed by atoms with Gasteiger partial charge in [-0.3, -0.25) is 9.80 Å². The third kappa shape index (κ3) is 5.07. The highest BCUT2D eigenvalue weighted by Gasteiger charge is 2.48. The molecule has 1 saturated carbocycles. The molecule has 28 heavy (non-hydrogen) atoms. The van der Waals surface area contributed by atoms with E-state index in [0.717, 1.165) is 45.0 Å². The van der Waals surface area contributed by atoms with Crippen LogP contribution < -0.4 is 4.74 Å². The Morgan fingerprint density at radius 1 is 1.04 bits per heavy atom. The van der Waals surface area contributed by atoms with E-state index in [1.807, 2.05) is 6.07 Å². The topological polar surface area (TPSA) is 39.2 Å². The lowest BCUT2D eigenvalue weighted by Crippen LogP contribution is -2.49. The van der Waals surface area contributed by atoms with Gasteiger partial charge in [-0.1, -0.05) is 25.5 Å². The molecule has 1 aromatic carbocycles. The fraction of sp³-hybridized carbons (Fsp3) is 0.739. The van der Waals surface area contributed by atoms with Crippen molar-refractivity contribution in [1.29, 1.82) is 0 Å². The number of likely N-dealkylation sites (tertiary alicyclic amines) is 1. The minimum Gasteiger partial charge on any atom is -0.491 e. The lowest BCUT2D eigenvalue weighted by Gasteiger charge is -2.36. The van der Waals surface area contributed by atoms with Gasteiger partial charge >= 0.3 is 0 Å². The van der Waals surface area contributed by atoms with Crippen LogP contribution in [0.25, 0.3) is 0 Å². The van der Waals surface area contributed by atoms with Gasteiger partial charge in [0.05, 0.1) is 0 Å². The summed E-state index contributed by atoms with van der Waals surface area (Å²) in [6.45, 7) is 10.9. The normalized spacial score (nSPS) is 24.4. The Hall–Kier alpha value is -1.14. The number of likely N-dealkylation sites (N-methyl/N-ethyl adjacent to an activating group) is 1. The summed E-state index contributed by atoms with van der Waals surface area (Å²) < 4.78 is 5.94. The summed E-state index contributed by atoms with van der Waals surface area (Å²) in [6.07, 6.45) is 6.42. The lowest BCUT2D eigenvalue weighted by molar-refractivity contribution is 0.0470. The minimum atomic E-state index is -0.436. The monoisotopic (exact) mass is 387 g/mol. The fourth-order valence-electron chi connectivity index (χ4n) is 4.89. The molecule has 0 radical (unpaired) electrons. The van der Waals surface area contributed by atoms with Crippen molar-refractivity contribution < 1.29 is 9.84 Å². The minimum absolute atomic E-state index is 0.366. The first-order valence-corrected chi connectivity index (χ1v) is 11.3. The van der Waals surface area contributed by atoms with Gasteiger partial charge in [-0.05, 0) is 56.5 Å². The number of nitrogens with zero attached hydrogens (tertiary/aromatic N) is 3. The van der Waals surface area contributed by atoms with Crippen LogP contribution in [0, 0.1) is 0 Å². The fourth-order valence-corrected chi connectivity index (χ4v) is 4.89. The molecule has 1 spiro atoms. The summed E-state index contributed by atoms with van der Waals surface area (Å²) in [5.74, 6) is 0.884. The predicted molar refractivity (Wildman–Crippen MR) is 113 cm³/mol. The standard InChI is InChI=1S/C23H37N3O2/c1-2-24-12-14-25(15-13-24)18-21(27)19-28-22-7-5-6-20(16-22)17-26-11-4-3-8-23(26)9-10-23/h5-7,16,21,27H,2-4,8-15,17-19H2,1H3. The van der Waals surface area contributed by atoms with Gasteiger partial charge in [-0.15, -0.1) is 0 Å². The van der Waals surface area contributed by atoms with Crippen molar-refractivity contribution >= 4 is 0 Å². The highest BCUT2D eigenvalue weighted by molar-refractivity contribution is 5.29. The first-order chi connectivity index (χ1) is 13.7. The van der Waals surface area contributed by atoms with Crippen LogP contribution in [0.4, 0.5) is 0 Å². The van der Waals surface area contributed by atoms with Gasteiger partial charge in [-0.25, -0.2) is 0 Å². The van der Waals surface area contributed by atoms with Crippen LogP contribution in [0.15, 0.2) is 24.3 Å². The van der Waals surface area contributed by atoms with Crippen LogP contribution in [0.5, 0.6) is 5.75 Å². The van der Waals surface area contributed by atoms with E-state index in [-0.39, 0.29) is 0 Å². The van der Waals surface area contributed by atoms with Crippen molar-refractivity contribution in [3.63, 3.8) is 0 Å². The lowest BCUT2D eigenvalue weighted by atomic mass is 9.99. The number of piperazine rings is 1. The zero-order valence-corrected chi connectivity index (χ0v) is 17.5. The molecule has 1 N–H and O–H groups in total. The van der Waals surface area contributed by atoms with Gasteiger partial charge in [0.15, 0.2) is 0 Å². The van der Waals surface area contributed by atoms with Crippen molar-refractivity contribution in [2.75, 3.05) is 52.4 Å². The molecular formula is C23H37N3O2. The highest BCUT2D eigenvalue weighted by Crippen LogP contribution is 2.48. The van der Waals surface area contributed by atoms with Crippen LogP contribution in [-0.2, 0) is 6.54 Å². The third-order valence-corrected chi connectivity index (χ3v) is 6.91. The van der Waals surface area contributed by atoms with Crippen molar-refractivity contribution in [2.24, 2.45) is 0 Å². The third-order valence-electron chi connectivity index (χ3n) is 6.91. The van der Waals surface area contributed by atoms with Crippen LogP contribution >= 0.6 is 0 Å². The van der Waals surface area contributed by atoms with Gasteiger partial charge in [0.2, 0.25) is 0 Å². The molecule has 1 atom stereocenters. The average molecular weight is 388 g/mol. The Labute approximate surface area is 170 Å². The number of hydrogen-bond acceptors (Lipinski definition) is 5.